The van der Waals surface area contributed by atoms with E-state index < -0.39 is 0 Å². The highest BCUT2D eigenvalue weighted by atomic mass is 35.5. The summed E-state index contributed by atoms with van der Waals surface area (Å²) in [6.07, 6.45) is 0.747. The van der Waals surface area contributed by atoms with Gasteiger partial charge in [0.1, 0.15) is 0 Å². The van der Waals surface area contributed by atoms with Gasteiger partial charge in [0.05, 0.1) is 19.7 Å². The zero-order valence-corrected chi connectivity index (χ0v) is 14.7. The van der Waals surface area contributed by atoms with E-state index in [1.54, 1.807) is 0 Å². The van der Waals surface area contributed by atoms with Gasteiger partial charge in [0, 0.05) is 32.7 Å². The smallest absolute Gasteiger partial charge is 0.319 e. The minimum atomic E-state index is -0.227. The quantitative estimate of drug-likeness (QED) is 0.799. The second kappa shape index (κ2) is 8.46. The fourth-order valence-electron chi connectivity index (χ4n) is 3.22. The van der Waals surface area contributed by atoms with Gasteiger partial charge >= 0.3 is 5.97 Å². The summed E-state index contributed by atoms with van der Waals surface area (Å²) in [6, 6.07) is 8.12. The molecule has 1 atom stereocenters. The lowest BCUT2D eigenvalue weighted by Crippen LogP contribution is -2.56. The zero-order chi connectivity index (χ0) is 16.2. The second-order valence-electron chi connectivity index (χ2n) is 6.08. The number of nitrogens with one attached hydrogen (secondary N) is 1. The summed E-state index contributed by atoms with van der Waals surface area (Å²) >= 11 is 0. The van der Waals surface area contributed by atoms with Gasteiger partial charge in [-0.3, -0.25) is 14.5 Å². The number of carbonyl (C=O) groups is 2. The molecule has 24 heavy (non-hydrogen) atoms. The Kier molecular flexibility index (Phi) is 6.60. The molecule has 0 aromatic heterocycles. The lowest BCUT2D eigenvalue weighted by atomic mass is 9.95. The molecule has 1 amide bonds. The van der Waals surface area contributed by atoms with Gasteiger partial charge < -0.3 is 15.0 Å². The van der Waals surface area contributed by atoms with E-state index in [0.717, 1.165) is 13.0 Å². The monoisotopic (exact) mass is 353 g/mol. The van der Waals surface area contributed by atoms with Crippen LogP contribution in [-0.4, -0.2) is 67.6 Å². The predicted molar refractivity (Wildman–Crippen MR) is 93.1 cm³/mol. The maximum absolute atomic E-state index is 12.7. The number of hydrogen-bond acceptors (Lipinski definition) is 5. The fourth-order valence-corrected chi connectivity index (χ4v) is 3.22. The zero-order valence-electron chi connectivity index (χ0n) is 13.9. The molecule has 1 fully saturated rings. The number of nitrogens with zero attached hydrogens (tertiary/aromatic N) is 2. The van der Waals surface area contributed by atoms with Crippen LogP contribution >= 0.6 is 12.4 Å². The largest absolute Gasteiger partial charge is 0.468 e. The average molecular weight is 354 g/mol. The Morgan fingerprint density at radius 2 is 1.83 bits per heavy atom. The molecule has 132 valence electrons. The molecule has 1 aromatic carbocycles. The standard InChI is InChI=1S/C17H23N3O3.ClH/c1-23-16(21)12-19-6-8-20(9-7-19)17(22)15-10-13-4-2-3-5-14(13)11-18-15;/h2-5,15,18H,6-12H2,1H3;1H. The second-order valence-corrected chi connectivity index (χ2v) is 6.08. The highest BCUT2D eigenvalue weighted by Gasteiger charge is 2.30. The van der Waals surface area contributed by atoms with Gasteiger partial charge in [-0.25, -0.2) is 0 Å². The van der Waals surface area contributed by atoms with Gasteiger partial charge in [-0.1, -0.05) is 24.3 Å². The number of amides is 1. The third-order valence-corrected chi connectivity index (χ3v) is 4.64. The molecule has 0 aliphatic carbocycles. The molecule has 2 aliphatic heterocycles. The molecule has 2 heterocycles. The van der Waals surface area contributed by atoms with E-state index in [4.69, 9.17) is 0 Å². The van der Waals surface area contributed by atoms with Crippen molar-refractivity contribution in [2.75, 3.05) is 39.8 Å². The molecular formula is C17H24ClN3O3. The third kappa shape index (κ3) is 4.26. The van der Waals surface area contributed by atoms with Crippen LogP contribution in [0.2, 0.25) is 0 Å². The highest BCUT2D eigenvalue weighted by Crippen LogP contribution is 2.18. The predicted octanol–water partition coefficient (Wildman–Crippen LogP) is 0.440. The molecule has 0 spiro atoms. The molecule has 1 aromatic rings. The summed E-state index contributed by atoms with van der Waals surface area (Å²) < 4.78 is 4.68. The minimum absolute atomic E-state index is 0. The van der Waals surface area contributed by atoms with E-state index >= 15 is 0 Å². The maximum atomic E-state index is 12.7. The lowest BCUT2D eigenvalue weighted by Gasteiger charge is -2.37. The van der Waals surface area contributed by atoms with Gasteiger partial charge in [-0.2, -0.15) is 0 Å². The molecule has 1 saturated heterocycles. The molecule has 3 rings (SSSR count). The number of halogens is 1. The van der Waals surface area contributed by atoms with Crippen molar-refractivity contribution in [2.24, 2.45) is 0 Å². The molecule has 2 aliphatic rings. The van der Waals surface area contributed by atoms with Gasteiger partial charge in [0.15, 0.2) is 0 Å². The lowest BCUT2D eigenvalue weighted by molar-refractivity contribution is -0.143. The van der Waals surface area contributed by atoms with Gasteiger partial charge in [-0.05, 0) is 17.5 Å². The van der Waals surface area contributed by atoms with E-state index in [0.29, 0.717) is 32.7 Å². The molecule has 6 nitrogen and oxygen atoms in total. The molecule has 0 bridgehead atoms. The van der Waals surface area contributed by atoms with Crippen LogP contribution in [0.5, 0.6) is 0 Å². The highest BCUT2D eigenvalue weighted by molar-refractivity contribution is 5.85. The van der Waals surface area contributed by atoms with Crippen LogP contribution in [0.25, 0.3) is 0 Å². The first kappa shape index (κ1) is 18.7. The van der Waals surface area contributed by atoms with Crippen molar-refractivity contribution in [3.63, 3.8) is 0 Å². The fraction of sp³-hybridized carbons (Fsp3) is 0.529. The first-order chi connectivity index (χ1) is 11.2. The van der Waals surface area contributed by atoms with Crippen molar-refractivity contribution in [3.05, 3.63) is 35.4 Å². The van der Waals surface area contributed by atoms with Gasteiger partial charge in [0.2, 0.25) is 5.91 Å². The molecule has 0 saturated carbocycles. The first-order valence-electron chi connectivity index (χ1n) is 8.05. The van der Waals surface area contributed by atoms with Crippen molar-refractivity contribution in [1.82, 2.24) is 15.1 Å². The Balaban J connectivity index is 0.00000208. The number of hydrogen-bond donors (Lipinski definition) is 1. The Morgan fingerprint density at radius 3 is 2.50 bits per heavy atom. The van der Waals surface area contributed by atoms with Crippen molar-refractivity contribution >= 4 is 24.3 Å². The number of ether oxygens (including phenoxy) is 1. The van der Waals surface area contributed by atoms with Crippen molar-refractivity contribution in [1.29, 1.82) is 0 Å². The van der Waals surface area contributed by atoms with E-state index in [2.05, 4.69) is 22.2 Å². The Labute approximate surface area is 148 Å². The van der Waals surface area contributed by atoms with Gasteiger partial charge in [0.25, 0.3) is 0 Å². The summed E-state index contributed by atoms with van der Waals surface area (Å²) in [7, 11) is 1.40. The SMILES string of the molecule is COC(=O)CN1CCN(C(=O)C2Cc3ccccc3CN2)CC1.Cl. The molecule has 7 heteroatoms. The van der Waals surface area contributed by atoms with E-state index in [9.17, 15) is 9.59 Å². The Hall–Kier alpha value is -1.63. The summed E-state index contributed by atoms with van der Waals surface area (Å²) in [5.74, 6) is -0.0625. The average Bonchev–Trinajstić information content (AvgIpc) is 2.61. The molecule has 1 N–H and O–H groups in total. The topological polar surface area (TPSA) is 61.9 Å². The van der Waals surface area contributed by atoms with E-state index in [1.165, 1.54) is 18.2 Å². The molecule has 0 radical (unpaired) electrons. The van der Waals surface area contributed by atoms with Gasteiger partial charge in [-0.15, -0.1) is 12.4 Å². The number of piperazine rings is 1. The number of benzene rings is 1. The number of carbonyl (C=O) groups excluding carboxylic acids is 2. The summed E-state index contributed by atoms with van der Waals surface area (Å²) in [4.78, 5) is 27.9. The maximum Gasteiger partial charge on any atom is 0.319 e. The van der Waals surface area contributed by atoms with Crippen LogP contribution in [0.3, 0.4) is 0 Å². The van der Waals surface area contributed by atoms with Crippen molar-refractivity contribution in [3.8, 4) is 0 Å². The number of methoxy groups -OCH3 is 1. The Morgan fingerprint density at radius 1 is 1.17 bits per heavy atom. The number of esters is 1. The summed E-state index contributed by atoms with van der Waals surface area (Å²) in [5.41, 5.74) is 2.54. The van der Waals surface area contributed by atoms with Crippen LogP contribution in [0.15, 0.2) is 24.3 Å². The summed E-state index contributed by atoms with van der Waals surface area (Å²) in [6.45, 7) is 3.79. The van der Waals surface area contributed by atoms with Crippen molar-refractivity contribution in [2.45, 2.75) is 19.0 Å². The van der Waals surface area contributed by atoms with E-state index in [-0.39, 0.29) is 30.3 Å². The normalized spacial score (nSPS) is 20.7. The van der Waals surface area contributed by atoms with Crippen LogP contribution in [0, 0.1) is 0 Å². The first-order valence-corrected chi connectivity index (χ1v) is 8.05. The summed E-state index contributed by atoms with van der Waals surface area (Å²) in [5, 5.41) is 3.35. The minimum Gasteiger partial charge on any atom is -0.468 e. The van der Waals surface area contributed by atoms with Crippen LogP contribution in [0.4, 0.5) is 0 Å². The van der Waals surface area contributed by atoms with Crippen LogP contribution < -0.4 is 5.32 Å². The molecule has 1 unspecified atom stereocenters. The van der Waals surface area contributed by atoms with Crippen LogP contribution in [0.1, 0.15) is 11.1 Å². The Bertz CT molecular complexity index is 588. The number of rotatable bonds is 3. The third-order valence-electron chi connectivity index (χ3n) is 4.64. The van der Waals surface area contributed by atoms with Crippen molar-refractivity contribution < 1.29 is 14.3 Å². The number of fused-ring (bicyclic) bond motifs is 1. The van der Waals surface area contributed by atoms with Crippen LogP contribution in [-0.2, 0) is 27.3 Å². The van der Waals surface area contributed by atoms with E-state index in [1.807, 2.05) is 21.9 Å². The molecular weight excluding hydrogens is 330 g/mol.